The van der Waals surface area contributed by atoms with Crippen LogP contribution in [0.3, 0.4) is 0 Å². The number of nitrogens with zero attached hydrogens (tertiary/aromatic N) is 2. The molecular formula is C29H36N2O5. The number of methoxy groups -OCH3 is 1. The molecule has 1 atom stereocenters. The zero-order valence-electron chi connectivity index (χ0n) is 21.8. The van der Waals surface area contributed by atoms with Crippen LogP contribution < -0.4 is 4.74 Å². The molecule has 7 nitrogen and oxygen atoms in total. The molecule has 2 aromatic rings. The second kappa shape index (κ2) is 10.4. The van der Waals surface area contributed by atoms with Crippen LogP contribution in [0.25, 0.3) is 5.76 Å². The van der Waals surface area contributed by atoms with Crippen LogP contribution in [0.2, 0.25) is 0 Å². The molecule has 192 valence electrons. The van der Waals surface area contributed by atoms with E-state index in [2.05, 4.69) is 25.7 Å². The van der Waals surface area contributed by atoms with Crippen molar-refractivity contribution in [3.05, 3.63) is 70.3 Å². The lowest BCUT2D eigenvalue weighted by Gasteiger charge is -2.31. The van der Waals surface area contributed by atoms with Gasteiger partial charge in [0, 0.05) is 31.7 Å². The van der Waals surface area contributed by atoms with Crippen molar-refractivity contribution in [2.24, 2.45) is 0 Å². The lowest BCUT2D eigenvalue weighted by Crippen LogP contribution is -2.42. The smallest absolute Gasteiger partial charge is 0.295 e. The van der Waals surface area contributed by atoms with Gasteiger partial charge in [-0.15, -0.1) is 0 Å². The summed E-state index contributed by atoms with van der Waals surface area (Å²) in [4.78, 5) is 30.4. The summed E-state index contributed by atoms with van der Waals surface area (Å²) in [7, 11) is 1.59. The molecule has 2 heterocycles. The zero-order chi connectivity index (χ0) is 26.0. The number of morpholine rings is 1. The quantitative estimate of drug-likeness (QED) is 0.372. The van der Waals surface area contributed by atoms with Gasteiger partial charge in [0.15, 0.2) is 0 Å². The Morgan fingerprint density at radius 2 is 1.72 bits per heavy atom. The molecule has 36 heavy (non-hydrogen) atoms. The lowest BCUT2D eigenvalue weighted by molar-refractivity contribution is -0.140. The van der Waals surface area contributed by atoms with Gasteiger partial charge in [-0.2, -0.15) is 0 Å². The minimum Gasteiger partial charge on any atom is -0.507 e. The highest BCUT2D eigenvalue weighted by Gasteiger charge is 2.46. The van der Waals surface area contributed by atoms with Gasteiger partial charge in [0.2, 0.25) is 0 Å². The SMILES string of the molecule is COc1ccc(/C(O)=C2\C(=O)C(=O)N(CCN3CCOCC3)C2c2ccc(C(C)(C)C)cc2)cc1C. The third-order valence-corrected chi connectivity index (χ3v) is 7.06. The summed E-state index contributed by atoms with van der Waals surface area (Å²) >= 11 is 0. The number of Topliss-reactive ketones (excluding diaryl/α,β-unsaturated/α-hetero) is 1. The Morgan fingerprint density at radius 1 is 1.06 bits per heavy atom. The first-order valence-electron chi connectivity index (χ1n) is 12.5. The van der Waals surface area contributed by atoms with Crippen LogP contribution in [0.4, 0.5) is 0 Å². The van der Waals surface area contributed by atoms with Crippen LogP contribution in [0.5, 0.6) is 5.75 Å². The second-order valence-electron chi connectivity index (χ2n) is 10.5. The van der Waals surface area contributed by atoms with Crippen molar-refractivity contribution >= 4 is 17.4 Å². The molecule has 1 N–H and O–H groups in total. The Morgan fingerprint density at radius 3 is 2.31 bits per heavy atom. The van der Waals surface area contributed by atoms with Crippen molar-refractivity contribution in [2.75, 3.05) is 46.5 Å². The van der Waals surface area contributed by atoms with Crippen molar-refractivity contribution in [3.63, 3.8) is 0 Å². The van der Waals surface area contributed by atoms with Gasteiger partial charge < -0.3 is 19.5 Å². The molecule has 0 aromatic heterocycles. The number of rotatable bonds is 6. The average Bonchev–Trinajstić information content (AvgIpc) is 3.12. The molecule has 2 aromatic carbocycles. The van der Waals surface area contributed by atoms with E-state index in [1.807, 2.05) is 31.2 Å². The van der Waals surface area contributed by atoms with E-state index < -0.39 is 17.7 Å². The summed E-state index contributed by atoms with van der Waals surface area (Å²) in [5.41, 5.74) is 3.36. The van der Waals surface area contributed by atoms with Crippen LogP contribution in [-0.2, 0) is 19.7 Å². The molecule has 0 bridgehead atoms. The van der Waals surface area contributed by atoms with Crippen LogP contribution in [0.1, 0.15) is 49.1 Å². The molecule has 2 fully saturated rings. The number of carbonyl (C=O) groups is 2. The first-order chi connectivity index (χ1) is 17.1. The van der Waals surface area contributed by atoms with Crippen LogP contribution in [0, 0.1) is 6.92 Å². The Balaban J connectivity index is 1.76. The van der Waals surface area contributed by atoms with Crippen molar-refractivity contribution in [3.8, 4) is 5.75 Å². The van der Waals surface area contributed by atoms with Crippen molar-refractivity contribution in [1.82, 2.24) is 9.80 Å². The standard InChI is InChI=1S/C29H36N2O5/c1-19-18-21(8-11-23(19)35-5)26(32)24-25(20-6-9-22(10-7-20)29(2,3)4)31(28(34)27(24)33)13-12-30-14-16-36-17-15-30/h6-11,18,25,32H,12-17H2,1-5H3/b26-24+. The Labute approximate surface area is 213 Å². The van der Waals surface area contributed by atoms with E-state index in [1.165, 1.54) is 0 Å². The minimum atomic E-state index is -0.664. The van der Waals surface area contributed by atoms with Crippen LogP contribution in [-0.4, -0.2) is 73.1 Å². The number of benzene rings is 2. The van der Waals surface area contributed by atoms with Crippen LogP contribution >= 0.6 is 0 Å². The number of aryl methyl sites for hydroxylation is 1. The van der Waals surface area contributed by atoms with E-state index in [9.17, 15) is 14.7 Å². The number of carbonyl (C=O) groups excluding carboxylic acids is 2. The maximum Gasteiger partial charge on any atom is 0.295 e. The van der Waals surface area contributed by atoms with Crippen molar-refractivity contribution < 1.29 is 24.2 Å². The fourth-order valence-corrected chi connectivity index (χ4v) is 4.88. The molecular weight excluding hydrogens is 456 g/mol. The number of aliphatic hydroxyl groups excluding tert-OH is 1. The molecule has 7 heteroatoms. The Bertz CT molecular complexity index is 1160. The number of aliphatic hydroxyl groups is 1. The molecule has 0 radical (unpaired) electrons. The molecule has 0 saturated carbocycles. The number of hydrogen-bond acceptors (Lipinski definition) is 6. The Kier molecular flexibility index (Phi) is 7.52. The predicted octanol–water partition coefficient (Wildman–Crippen LogP) is 4.06. The average molecular weight is 493 g/mol. The molecule has 0 spiro atoms. The fourth-order valence-electron chi connectivity index (χ4n) is 4.88. The molecule has 0 aliphatic carbocycles. The van der Waals surface area contributed by atoms with E-state index in [-0.39, 0.29) is 16.7 Å². The van der Waals surface area contributed by atoms with Gasteiger partial charge in [0.05, 0.1) is 31.9 Å². The maximum atomic E-state index is 13.3. The topological polar surface area (TPSA) is 79.3 Å². The van der Waals surface area contributed by atoms with Crippen molar-refractivity contribution in [2.45, 2.75) is 39.2 Å². The predicted molar refractivity (Wildman–Crippen MR) is 139 cm³/mol. The minimum absolute atomic E-state index is 0.0305. The normalized spacial score (nSPS) is 20.7. The largest absolute Gasteiger partial charge is 0.507 e. The molecule has 1 unspecified atom stereocenters. The van der Waals surface area contributed by atoms with Gasteiger partial charge >= 0.3 is 0 Å². The van der Waals surface area contributed by atoms with Gasteiger partial charge in [0.25, 0.3) is 11.7 Å². The number of ether oxygens (including phenoxy) is 2. The first-order valence-corrected chi connectivity index (χ1v) is 12.5. The summed E-state index contributed by atoms with van der Waals surface area (Å²) in [6, 6.07) is 12.6. The number of amides is 1. The first kappa shape index (κ1) is 25.9. The third kappa shape index (κ3) is 5.18. The zero-order valence-corrected chi connectivity index (χ0v) is 21.8. The van der Waals surface area contributed by atoms with Gasteiger partial charge in [0.1, 0.15) is 11.5 Å². The number of ketones is 1. The summed E-state index contributed by atoms with van der Waals surface area (Å²) in [5.74, 6) is -0.725. The summed E-state index contributed by atoms with van der Waals surface area (Å²) < 4.78 is 10.8. The van der Waals surface area contributed by atoms with E-state index >= 15 is 0 Å². The van der Waals surface area contributed by atoms with Gasteiger partial charge in [-0.3, -0.25) is 14.5 Å². The highest BCUT2D eigenvalue weighted by atomic mass is 16.5. The van der Waals surface area contributed by atoms with Crippen molar-refractivity contribution in [1.29, 1.82) is 0 Å². The highest BCUT2D eigenvalue weighted by Crippen LogP contribution is 2.40. The van der Waals surface area contributed by atoms with E-state index in [0.717, 1.165) is 29.8 Å². The Hall–Kier alpha value is -3.16. The van der Waals surface area contributed by atoms with Gasteiger partial charge in [-0.1, -0.05) is 45.0 Å². The summed E-state index contributed by atoms with van der Waals surface area (Å²) in [6.45, 7) is 12.2. The van der Waals surface area contributed by atoms with E-state index in [4.69, 9.17) is 9.47 Å². The molecule has 2 aliphatic heterocycles. The molecule has 4 rings (SSSR count). The maximum absolute atomic E-state index is 13.3. The number of likely N-dealkylation sites (tertiary alicyclic amines) is 1. The summed E-state index contributed by atoms with van der Waals surface area (Å²) in [6.07, 6.45) is 0. The highest BCUT2D eigenvalue weighted by molar-refractivity contribution is 6.46. The van der Waals surface area contributed by atoms with Gasteiger partial charge in [-0.25, -0.2) is 0 Å². The molecule has 2 aliphatic rings. The monoisotopic (exact) mass is 492 g/mol. The van der Waals surface area contributed by atoms with Gasteiger partial charge in [-0.05, 0) is 47.2 Å². The fraction of sp³-hybridized carbons (Fsp3) is 0.448. The molecule has 2 saturated heterocycles. The summed E-state index contributed by atoms with van der Waals surface area (Å²) in [5, 5.41) is 11.4. The van der Waals surface area contributed by atoms with Crippen LogP contribution in [0.15, 0.2) is 48.0 Å². The molecule has 1 amide bonds. The van der Waals surface area contributed by atoms with E-state index in [1.54, 1.807) is 30.2 Å². The van der Waals surface area contributed by atoms with E-state index in [0.29, 0.717) is 37.6 Å². The second-order valence-corrected chi connectivity index (χ2v) is 10.5. The lowest BCUT2D eigenvalue weighted by atomic mass is 9.85. The number of hydrogen-bond donors (Lipinski definition) is 1. The third-order valence-electron chi connectivity index (χ3n) is 7.06.